The SMILES string of the molecule is COC(=O)c1cccc(Cn2c(C)cc3c(Cl)cc(Cl)cc32)c1F. The van der Waals surface area contributed by atoms with Gasteiger partial charge in [0.1, 0.15) is 5.82 Å². The van der Waals surface area contributed by atoms with E-state index in [-0.39, 0.29) is 12.1 Å². The average molecular weight is 366 g/mol. The molecule has 0 bridgehead atoms. The van der Waals surface area contributed by atoms with Crippen LogP contribution in [0.5, 0.6) is 0 Å². The maximum Gasteiger partial charge on any atom is 0.340 e. The number of aromatic nitrogens is 1. The predicted molar refractivity (Wildman–Crippen MR) is 93.5 cm³/mol. The Balaban J connectivity index is 2.11. The van der Waals surface area contributed by atoms with Gasteiger partial charge in [0, 0.05) is 21.7 Å². The van der Waals surface area contributed by atoms with Gasteiger partial charge in [-0.05, 0) is 31.2 Å². The van der Waals surface area contributed by atoms with Crippen LogP contribution in [0.3, 0.4) is 0 Å². The lowest BCUT2D eigenvalue weighted by molar-refractivity contribution is 0.0595. The molecule has 0 saturated carbocycles. The molecule has 0 amide bonds. The fourth-order valence-electron chi connectivity index (χ4n) is 2.76. The molecule has 3 nitrogen and oxygen atoms in total. The number of rotatable bonds is 3. The molecule has 1 aromatic heterocycles. The van der Waals surface area contributed by atoms with Gasteiger partial charge in [-0.2, -0.15) is 0 Å². The summed E-state index contributed by atoms with van der Waals surface area (Å²) in [4.78, 5) is 11.7. The Hall–Kier alpha value is -2.04. The van der Waals surface area contributed by atoms with Crippen LogP contribution in [0.4, 0.5) is 4.39 Å². The topological polar surface area (TPSA) is 31.2 Å². The van der Waals surface area contributed by atoms with Crippen molar-refractivity contribution in [1.29, 1.82) is 0 Å². The number of aryl methyl sites for hydroxylation is 1. The highest BCUT2D eigenvalue weighted by molar-refractivity contribution is 6.38. The number of esters is 1. The molecule has 0 aliphatic carbocycles. The molecule has 124 valence electrons. The van der Waals surface area contributed by atoms with Crippen molar-refractivity contribution in [2.75, 3.05) is 7.11 Å². The quantitative estimate of drug-likeness (QED) is 0.595. The Bertz CT molecular complexity index is 950. The van der Waals surface area contributed by atoms with Gasteiger partial charge >= 0.3 is 5.97 Å². The average Bonchev–Trinajstić information content (AvgIpc) is 2.85. The lowest BCUT2D eigenvalue weighted by atomic mass is 10.1. The van der Waals surface area contributed by atoms with E-state index in [1.54, 1.807) is 24.3 Å². The van der Waals surface area contributed by atoms with Crippen LogP contribution in [0.1, 0.15) is 21.6 Å². The van der Waals surface area contributed by atoms with Crippen LogP contribution >= 0.6 is 23.2 Å². The lowest BCUT2D eigenvalue weighted by Gasteiger charge is -2.11. The van der Waals surface area contributed by atoms with Crippen molar-refractivity contribution in [2.45, 2.75) is 13.5 Å². The first-order chi connectivity index (χ1) is 11.4. The molecule has 0 unspecified atom stereocenters. The van der Waals surface area contributed by atoms with Gasteiger partial charge in [-0.15, -0.1) is 0 Å². The maximum absolute atomic E-state index is 14.6. The van der Waals surface area contributed by atoms with E-state index in [0.29, 0.717) is 15.6 Å². The number of ether oxygens (including phenoxy) is 1. The minimum absolute atomic E-state index is 0.0832. The molecule has 24 heavy (non-hydrogen) atoms. The summed E-state index contributed by atoms with van der Waals surface area (Å²) in [5.74, 6) is -1.28. The number of halogens is 3. The second-order valence-corrected chi connectivity index (χ2v) is 6.31. The summed E-state index contributed by atoms with van der Waals surface area (Å²) in [6, 6.07) is 10.1. The zero-order valence-electron chi connectivity index (χ0n) is 13.1. The minimum atomic E-state index is -0.700. The molecule has 0 aliphatic rings. The van der Waals surface area contributed by atoms with Crippen LogP contribution in [0.2, 0.25) is 10.0 Å². The molecule has 0 fully saturated rings. The van der Waals surface area contributed by atoms with E-state index in [0.717, 1.165) is 16.6 Å². The summed E-state index contributed by atoms with van der Waals surface area (Å²) < 4.78 is 21.1. The first kappa shape index (κ1) is 16.8. The summed E-state index contributed by atoms with van der Waals surface area (Å²) >= 11 is 12.3. The van der Waals surface area contributed by atoms with Gasteiger partial charge in [0.25, 0.3) is 0 Å². The first-order valence-electron chi connectivity index (χ1n) is 7.23. The van der Waals surface area contributed by atoms with Gasteiger partial charge in [0.15, 0.2) is 0 Å². The molecule has 0 radical (unpaired) electrons. The third-order valence-corrected chi connectivity index (χ3v) is 4.49. The fourth-order valence-corrected chi connectivity index (χ4v) is 3.30. The molecular formula is C18H14Cl2FNO2. The summed E-state index contributed by atoms with van der Waals surface area (Å²) in [6.07, 6.45) is 0. The summed E-state index contributed by atoms with van der Waals surface area (Å²) in [5, 5.41) is 1.90. The smallest absolute Gasteiger partial charge is 0.340 e. The highest BCUT2D eigenvalue weighted by atomic mass is 35.5. The number of methoxy groups -OCH3 is 1. The molecule has 1 heterocycles. The molecule has 0 saturated heterocycles. The van der Waals surface area contributed by atoms with Gasteiger partial charge in [-0.25, -0.2) is 9.18 Å². The van der Waals surface area contributed by atoms with E-state index >= 15 is 0 Å². The Morgan fingerprint density at radius 1 is 1.25 bits per heavy atom. The van der Waals surface area contributed by atoms with Gasteiger partial charge in [-0.3, -0.25) is 0 Å². The third kappa shape index (κ3) is 2.87. The van der Waals surface area contributed by atoms with Crippen molar-refractivity contribution < 1.29 is 13.9 Å². The Morgan fingerprint density at radius 3 is 2.71 bits per heavy atom. The minimum Gasteiger partial charge on any atom is -0.465 e. The number of hydrogen-bond acceptors (Lipinski definition) is 2. The van der Waals surface area contributed by atoms with E-state index in [2.05, 4.69) is 4.74 Å². The highest BCUT2D eigenvalue weighted by Gasteiger charge is 2.17. The third-order valence-electron chi connectivity index (χ3n) is 3.95. The van der Waals surface area contributed by atoms with Crippen molar-refractivity contribution in [3.63, 3.8) is 0 Å². The predicted octanol–water partition coefficient (Wildman–Crippen LogP) is 5.23. The van der Waals surface area contributed by atoms with Crippen LogP contribution in [0.25, 0.3) is 10.9 Å². The molecule has 0 N–H and O–H groups in total. The molecule has 0 aliphatic heterocycles. The van der Waals surface area contributed by atoms with Crippen molar-refractivity contribution in [3.05, 3.63) is 69.1 Å². The second-order valence-electron chi connectivity index (χ2n) is 5.46. The first-order valence-corrected chi connectivity index (χ1v) is 7.98. The van der Waals surface area contributed by atoms with Crippen molar-refractivity contribution in [2.24, 2.45) is 0 Å². The van der Waals surface area contributed by atoms with Gasteiger partial charge in [0.2, 0.25) is 0 Å². The fraction of sp³-hybridized carbons (Fsp3) is 0.167. The van der Waals surface area contributed by atoms with Crippen LogP contribution in [0, 0.1) is 12.7 Å². The molecule has 0 atom stereocenters. The number of nitrogens with zero attached hydrogens (tertiary/aromatic N) is 1. The summed E-state index contributed by atoms with van der Waals surface area (Å²) in [7, 11) is 1.22. The summed E-state index contributed by atoms with van der Waals surface area (Å²) in [6.45, 7) is 2.16. The molecule has 0 spiro atoms. The number of benzene rings is 2. The Morgan fingerprint density at radius 2 is 2.00 bits per heavy atom. The Labute approximate surface area is 148 Å². The zero-order chi connectivity index (χ0) is 17.4. The van der Waals surface area contributed by atoms with Crippen molar-refractivity contribution in [1.82, 2.24) is 4.57 Å². The van der Waals surface area contributed by atoms with E-state index < -0.39 is 11.8 Å². The molecule has 2 aromatic carbocycles. The van der Waals surface area contributed by atoms with Crippen LogP contribution in [-0.2, 0) is 11.3 Å². The highest BCUT2D eigenvalue weighted by Crippen LogP contribution is 2.31. The maximum atomic E-state index is 14.6. The van der Waals surface area contributed by atoms with Gasteiger partial charge in [0.05, 0.1) is 29.8 Å². The summed E-state index contributed by atoms with van der Waals surface area (Å²) in [5.41, 5.74) is 2.03. The molecule has 3 rings (SSSR count). The normalized spacial score (nSPS) is 11.0. The van der Waals surface area contributed by atoms with Crippen molar-refractivity contribution in [3.8, 4) is 0 Å². The number of carbonyl (C=O) groups excluding carboxylic acids is 1. The van der Waals surface area contributed by atoms with Crippen LogP contribution in [-0.4, -0.2) is 17.6 Å². The lowest BCUT2D eigenvalue weighted by Crippen LogP contribution is -2.09. The van der Waals surface area contributed by atoms with E-state index in [1.807, 2.05) is 17.6 Å². The van der Waals surface area contributed by atoms with Gasteiger partial charge in [-0.1, -0.05) is 35.3 Å². The van der Waals surface area contributed by atoms with Crippen LogP contribution in [0.15, 0.2) is 36.4 Å². The molecule has 6 heteroatoms. The monoisotopic (exact) mass is 365 g/mol. The second kappa shape index (κ2) is 6.46. The van der Waals surface area contributed by atoms with E-state index in [4.69, 9.17) is 23.2 Å². The number of hydrogen-bond donors (Lipinski definition) is 0. The van der Waals surface area contributed by atoms with E-state index in [1.165, 1.54) is 13.2 Å². The number of carbonyl (C=O) groups is 1. The van der Waals surface area contributed by atoms with Crippen LogP contribution < -0.4 is 0 Å². The van der Waals surface area contributed by atoms with Crippen molar-refractivity contribution >= 4 is 40.1 Å². The van der Waals surface area contributed by atoms with E-state index in [9.17, 15) is 9.18 Å². The zero-order valence-corrected chi connectivity index (χ0v) is 14.6. The number of fused-ring (bicyclic) bond motifs is 1. The Kier molecular flexibility index (Phi) is 4.52. The largest absolute Gasteiger partial charge is 0.465 e. The molecular weight excluding hydrogens is 352 g/mol. The molecule has 3 aromatic rings. The standard InChI is InChI=1S/C18H14Cl2FNO2/c1-10-6-14-15(20)7-12(19)8-16(14)22(10)9-11-4-3-5-13(17(11)21)18(23)24-2/h3-8H,9H2,1-2H3. The van der Waals surface area contributed by atoms with Gasteiger partial charge < -0.3 is 9.30 Å².